The molecule has 0 aromatic heterocycles. The standard InChI is InChI=1S/C7H8F6/c1-2-5(8)3-4-6(9,10)7(11,12)13/h2,5H,1,3-4H2. The highest BCUT2D eigenvalue weighted by Gasteiger charge is 2.56. The Hall–Kier alpha value is -0.680. The molecule has 0 amide bonds. The molecule has 13 heavy (non-hydrogen) atoms. The van der Waals surface area contributed by atoms with Gasteiger partial charge < -0.3 is 0 Å². The fraction of sp³-hybridized carbons (Fsp3) is 0.714. The van der Waals surface area contributed by atoms with Gasteiger partial charge in [0.1, 0.15) is 6.17 Å². The summed E-state index contributed by atoms with van der Waals surface area (Å²) < 4.78 is 70.9. The van der Waals surface area contributed by atoms with Crippen molar-refractivity contribution in [3.63, 3.8) is 0 Å². The van der Waals surface area contributed by atoms with Crippen LogP contribution in [0.25, 0.3) is 0 Å². The molecular weight excluding hydrogens is 198 g/mol. The van der Waals surface area contributed by atoms with E-state index in [0.29, 0.717) is 6.08 Å². The van der Waals surface area contributed by atoms with Gasteiger partial charge in [0.25, 0.3) is 0 Å². The first-order chi connectivity index (χ1) is 5.70. The second kappa shape index (κ2) is 4.02. The van der Waals surface area contributed by atoms with E-state index in [4.69, 9.17) is 0 Å². The minimum atomic E-state index is -5.60. The van der Waals surface area contributed by atoms with Gasteiger partial charge in [-0.25, -0.2) is 4.39 Å². The van der Waals surface area contributed by atoms with Crippen LogP contribution in [0.2, 0.25) is 0 Å². The molecule has 0 saturated heterocycles. The molecule has 1 atom stereocenters. The van der Waals surface area contributed by atoms with Crippen molar-refractivity contribution < 1.29 is 26.3 Å². The van der Waals surface area contributed by atoms with Gasteiger partial charge in [-0.2, -0.15) is 22.0 Å². The summed E-state index contributed by atoms with van der Waals surface area (Å²) in [4.78, 5) is 0. The first-order valence-electron chi connectivity index (χ1n) is 3.42. The molecule has 0 heterocycles. The van der Waals surface area contributed by atoms with Crippen LogP contribution >= 0.6 is 0 Å². The summed E-state index contributed by atoms with van der Waals surface area (Å²) in [7, 11) is 0. The van der Waals surface area contributed by atoms with E-state index in [-0.39, 0.29) is 0 Å². The summed E-state index contributed by atoms with van der Waals surface area (Å²) >= 11 is 0. The van der Waals surface area contributed by atoms with Crippen LogP contribution in [0, 0.1) is 0 Å². The Morgan fingerprint density at radius 2 is 1.62 bits per heavy atom. The maximum absolute atomic E-state index is 12.2. The summed E-state index contributed by atoms with van der Waals surface area (Å²) in [6.07, 6.45) is -9.17. The molecule has 0 aliphatic heterocycles. The fourth-order valence-electron chi connectivity index (χ4n) is 0.579. The topological polar surface area (TPSA) is 0 Å². The summed E-state index contributed by atoms with van der Waals surface area (Å²) in [5.74, 6) is -4.82. The molecular formula is C7H8F6. The van der Waals surface area contributed by atoms with Gasteiger partial charge in [0.2, 0.25) is 0 Å². The Kier molecular flexibility index (Phi) is 3.81. The normalized spacial score (nSPS) is 15.5. The van der Waals surface area contributed by atoms with Crippen LogP contribution in [-0.2, 0) is 0 Å². The number of hydrogen-bond donors (Lipinski definition) is 0. The highest BCUT2D eigenvalue weighted by Crippen LogP contribution is 2.39. The molecule has 0 radical (unpaired) electrons. The minimum absolute atomic E-state index is 0.687. The van der Waals surface area contributed by atoms with Gasteiger partial charge >= 0.3 is 12.1 Å². The van der Waals surface area contributed by atoms with E-state index in [1.165, 1.54) is 0 Å². The van der Waals surface area contributed by atoms with Crippen LogP contribution in [-0.4, -0.2) is 18.3 Å². The average molecular weight is 206 g/mol. The Balaban J connectivity index is 4.11. The molecule has 6 heteroatoms. The molecule has 0 aliphatic rings. The second-order valence-corrected chi connectivity index (χ2v) is 2.49. The molecule has 0 aromatic rings. The Bertz CT molecular complexity index is 170. The quantitative estimate of drug-likeness (QED) is 0.488. The average Bonchev–Trinajstić information content (AvgIpc) is 1.98. The molecule has 78 valence electrons. The lowest BCUT2D eigenvalue weighted by Crippen LogP contribution is -2.36. The third kappa shape index (κ3) is 3.69. The van der Waals surface area contributed by atoms with Gasteiger partial charge in [-0.1, -0.05) is 6.08 Å². The third-order valence-electron chi connectivity index (χ3n) is 1.40. The Labute approximate surface area is 71.2 Å². The smallest absolute Gasteiger partial charge is 0.243 e. The van der Waals surface area contributed by atoms with Crippen LogP contribution in [0.1, 0.15) is 12.8 Å². The maximum Gasteiger partial charge on any atom is 0.453 e. The van der Waals surface area contributed by atoms with Gasteiger partial charge in [0, 0.05) is 6.42 Å². The zero-order chi connectivity index (χ0) is 10.7. The molecule has 0 rings (SSSR count). The molecule has 0 N–H and O–H groups in total. The van der Waals surface area contributed by atoms with Gasteiger partial charge in [-0.05, 0) is 6.42 Å². The number of allylic oxidation sites excluding steroid dienone is 1. The van der Waals surface area contributed by atoms with Crippen molar-refractivity contribution in [2.24, 2.45) is 0 Å². The van der Waals surface area contributed by atoms with E-state index in [2.05, 4.69) is 6.58 Å². The lowest BCUT2D eigenvalue weighted by Gasteiger charge is -2.19. The summed E-state index contributed by atoms with van der Waals surface area (Å²) in [5, 5.41) is 0. The van der Waals surface area contributed by atoms with E-state index in [1.54, 1.807) is 0 Å². The molecule has 0 aliphatic carbocycles. The molecule has 0 nitrogen and oxygen atoms in total. The number of halogens is 6. The first-order valence-corrected chi connectivity index (χ1v) is 3.42. The summed E-state index contributed by atoms with van der Waals surface area (Å²) in [5.41, 5.74) is 0. The van der Waals surface area contributed by atoms with Crippen molar-refractivity contribution >= 4 is 0 Å². The molecule has 0 bridgehead atoms. The van der Waals surface area contributed by atoms with Crippen molar-refractivity contribution in [1.29, 1.82) is 0 Å². The van der Waals surface area contributed by atoms with Crippen LogP contribution in [0.5, 0.6) is 0 Å². The number of hydrogen-bond acceptors (Lipinski definition) is 0. The van der Waals surface area contributed by atoms with E-state index in [9.17, 15) is 26.3 Å². The first kappa shape index (κ1) is 12.3. The van der Waals surface area contributed by atoms with Crippen molar-refractivity contribution in [2.75, 3.05) is 0 Å². The van der Waals surface area contributed by atoms with E-state index < -0.39 is 31.1 Å². The lowest BCUT2D eigenvalue weighted by molar-refractivity contribution is -0.285. The van der Waals surface area contributed by atoms with Crippen LogP contribution < -0.4 is 0 Å². The summed E-state index contributed by atoms with van der Waals surface area (Å²) in [6.45, 7) is 2.92. The van der Waals surface area contributed by atoms with E-state index >= 15 is 0 Å². The summed E-state index contributed by atoms with van der Waals surface area (Å²) in [6, 6.07) is 0. The fourth-order valence-corrected chi connectivity index (χ4v) is 0.579. The van der Waals surface area contributed by atoms with Crippen molar-refractivity contribution in [3.8, 4) is 0 Å². The van der Waals surface area contributed by atoms with Crippen LogP contribution in [0.4, 0.5) is 26.3 Å². The van der Waals surface area contributed by atoms with Gasteiger partial charge in [-0.3, -0.25) is 0 Å². The van der Waals surface area contributed by atoms with E-state index in [1.807, 2.05) is 0 Å². The molecule has 0 aromatic carbocycles. The molecule has 0 spiro atoms. The Morgan fingerprint density at radius 3 is 1.92 bits per heavy atom. The second-order valence-electron chi connectivity index (χ2n) is 2.49. The maximum atomic E-state index is 12.2. The minimum Gasteiger partial charge on any atom is -0.243 e. The van der Waals surface area contributed by atoms with Crippen LogP contribution in [0.15, 0.2) is 12.7 Å². The predicted octanol–water partition coefficient (Wildman–Crippen LogP) is 3.49. The van der Waals surface area contributed by atoms with Crippen molar-refractivity contribution in [1.82, 2.24) is 0 Å². The number of rotatable bonds is 4. The van der Waals surface area contributed by atoms with Crippen LogP contribution in [0.3, 0.4) is 0 Å². The zero-order valence-electron chi connectivity index (χ0n) is 6.54. The Morgan fingerprint density at radius 1 is 1.15 bits per heavy atom. The lowest BCUT2D eigenvalue weighted by atomic mass is 10.1. The SMILES string of the molecule is C=CC(F)CCC(F)(F)C(F)(F)F. The van der Waals surface area contributed by atoms with Crippen molar-refractivity contribution in [3.05, 3.63) is 12.7 Å². The van der Waals surface area contributed by atoms with Gasteiger partial charge in [0.05, 0.1) is 0 Å². The van der Waals surface area contributed by atoms with Crippen molar-refractivity contribution in [2.45, 2.75) is 31.1 Å². The van der Waals surface area contributed by atoms with E-state index in [0.717, 1.165) is 0 Å². The molecule has 1 unspecified atom stereocenters. The monoisotopic (exact) mass is 206 g/mol. The highest BCUT2D eigenvalue weighted by molar-refractivity contribution is 4.83. The zero-order valence-corrected chi connectivity index (χ0v) is 6.54. The highest BCUT2D eigenvalue weighted by atomic mass is 19.4. The van der Waals surface area contributed by atoms with Gasteiger partial charge in [0.15, 0.2) is 0 Å². The third-order valence-corrected chi connectivity index (χ3v) is 1.40. The predicted molar refractivity (Wildman–Crippen MR) is 35.3 cm³/mol. The largest absolute Gasteiger partial charge is 0.453 e. The molecule has 0 saturated carbocycles. The number of alkyl halides is 6. The van der Waals surface area contributed by atoms with Gasteiger partial charge in [-0.15, -0.1) is 6.58 Å². The molecule has 0 fully saturated rings.